The average Bonchev–Trinajstić information content (AvgIpc) is 3.01. The third-order valence-electron chi connectivity index (χ3n) is 4.21. The highest BCUT2D eigenvalue weighted by Gasteiger charge is 2.68. The molecule has 0 unspecified atom stereocenters. The number of aliphatic hydroxyl groups excluding tert-OH is 1. The van der Waals surface area contributed by atoms with Crippen molar-refractivity contribution < 1.29 is 39.4 Å². The number of hydrogen-bond acceptors (Lipinski definition) is 10. The summed E-state index contributed by atoms with van der Waals surface area (Å²) in [6.07, 6.45) is -3.17. The number of ether oxygens (including phenoxy) is 2. The second-order valence-electron chi connectivity index (χ2n) is 5.78. The number of benzene rings is 1. The van der Waals surface area contributed by atoms with Gasteiger partial charge < -0.3 is 24.8 Å². The predicted octanol–water partition coefficient (Wildman–Crippen LogP) is -1.10. The molecular weight excluding hydrogens is 344 g/mol. The lowest BCUT2D eigenvalue weighted by molar-refractivity contribution is -0.394. The second-order valence-corrected chi connectivity index (χ2v) is 5.78. The first-order valence-electron chi connectivity index (χ1n) is 6.96. The number of aliphatic hydroxyl groups is 3. The van der Waals surface area contributed by atoms with Crippen LogP contribution in [0.25, 0.3) is 0 Å². The number of nitrogens with zero attached hydrogens (tertiary/aromatic N) is 2. The van der Waals surface area contributed by atoms with Crippen molar-refractivity contribution in [2.24, 2.45) is 0 Å². The molecule has 0 aromatic heterocycles. The molecule has 2 fully saturated rings. The maximum Gasteiger partial charge on any atom is 0.277 e. The lowest BCUT2D eigenvalue weighted by Gasteiger charge is -2.27. The Balaban J connectivity index is 2.04. The summed E-state index contributed by atoms with van der Waals surface area (Å²) in [5, 5.41) is 52.3. The molecule has 3 N–H and O–H groups in total. The number of hydrogen-bond donors (Lipinski definition) is 3. The minimum Gasteiger partial charge on any atom is -0.385 e. The predicted molar refractivity (Wildman–Crippen MR) is 75.7 cm³/mol. The Labute approximate surface area is 138 Å². The fourth-order valence-corrected chi connectivity index (χ4v) is 2.93. The zero-order valence-electron chi connectivity index (χ0n) is 12.4. The maximum absolute atomic E-state index is 12.7. The van der Waals surface area contributed by atoms with Crippen LogP contribution in [0.5, 0.6) is 0 Å². The van der Waals surface area contributed by atoms with Crippen LogP contribution in [-0.4, -0.2) is 67.8 Å². The number of rotatable bonds is 4. The molecule has 0 spiro atoms. The van der Waals surface area contributed by atoms with Crippen LogP contribution in [0.2, 0.25) is 0 Å². The number of nitro benzene ring substituents is 2. The maximum atomic E-state index is 12.7. The number of ketones is 1. The lowest BCUT2D eigenvalue weighted by atomic mass is 9.86. The summed E-state index contributed by atoms with van der Waals surface area (Å²) in [4.78, 5) is 32.6. The molecule has 12 heteroatoms. The van der Waals surface area contributed by atoms with E-state index in [1.54, 1.807) is 0 Å². The minimum absolute atomic E-state index is 0.411. The van der Waals surface area contributed by atoms with Crippen LogP contribution < -0.4 is 0 Å². The Bertz CT molecular complexity index is 750. The molecule has 2 aliphatic heterocycles. The van der Waals surface area contributed by atoms with Crippen LogP contribution in [-0.2, 0) is 9.47 Å². The molecule has 0 radical (unpaired) electrons. The van der Waals surface area contributed by atoms with Crippen molar-refractivity contribution in [3.05, 3.63) is 44.0 Å². The Morgan fingerprint density at radius 1 is 1.16 bits per heavy atom. The van der Waals surface area contributed by atoms with Gasteiger partial charge in [-0.15, -0.1) is 0 Å². The number of carbonyl (C=O) groups is 1. The Morgan fingerprint density at radius 3 is 2.24 bits per heavy atom. The number of Topliss-reactive ketones (excluding diaryl/α,β-unsaturated/α-hetero) is 1. The zero-order chi connectivity index (χ0) is 18.6. The smallest absolute Gasteiger partial charge is 0.277 e. The van der Waals surface area contributed by atoms with Crippen LogP contribution >= 0.6 is 0 Å². The third-order valence-corrected chi connectivity index (χ3v) is 4.21. The van der Waals surface area contributed by atoms with E-state index < -0.39 is 69.4 Å². The van der Waals surface area contributed by atoms with Crippen molar-refractivity contribution in [2.45, 2.75) is 23.6 Å². The summed E-state index contributed by atoms with van der Waals surface area (Å²) in [6, 6.07) is 2.18. The summed E-state index contributed by atoms with van der Waals surface area (Å²) >= 11 is 0. The summed E-state index contributed by atoms with van der Waals surface area (Å²) in [5.41, 5.74) is -4.44. The van der Waals surface area contributed by atoms with Gasteiger partial charge in [-0.2, -0.15) is 0 Å². The number of nitro groups is 2. The van der Waals surface area contributed by atoms with Gasteiger partial charge in [0.25, 0.3) is 11.4 Å². The monoisotopic (exact) mass is 356 g/mol. The van der Waals surface area contributed by atoms with Crippen molar-refractivity contribution >= 4 is 17.2 Å². The zero-order valence-corrected chi connectivity index (χ0v) is 12.4. The van der Waals surface area contributed by atoms with Crippen molar-refractivity contribution in [1.82, 2.24) is 0 Å². The van der Waals surface area contributed by atoms with Gasteiger partial charge in [0, 0.05) is 17.7 Å². The van der Waals surface area contributed by atoms with E-state index in [0.29, 0.717) is 6.07 Å². The summed E-state index contributed by atoms with van der Waals surface area (Å²) in [7, 11) is 0. The van der Waals surface area contributed by atoms with Crippen LogP contribution in [0.3, 0.4) is 0 Å². The number of non-ortho nitro benzene ring substituents is 2. The molecule has 1 aromatic rings. The van der Waals surface area contributed by atoms with Gasteiger partial charge in [-0.1, -0.05) is 0 Å². The van der Waals surface area contributed by atoms with Gasteiger partial charge in [0.05, 0.1) is 29.1 Å². The molecule has 2 saturated heterocycles. The van der Waals surface area contributed by atoms with Crippen molar-refractivity contribution in [3.63, 3.8) is 0 Å². The van der Waals surface area contributed by atoms with Gasteiger partial charge in [-0.05, 0) is 0 Å². The Morgan fingerprint density at radius 2 is 1.72 bits per heavy atom. The topological polar surface area (TPSA) is 182 Å². The molecule has 25 heavy (non-hydrogen) atoms. The van der Waals surface area contributed by atoms with Crippen molar-refractivity contribution in [2.75, 3.05) is 13.2 Å². The van der Waals surface area contributed by atoms with Crippen molar-refractivity contribution in [3.8, 4) is 0 Å². The first-order chi connectivity index (χ1) is 11.6. The second kappa shape index (κ2) is 5.50. The minimum atomic E-state index is -2.48. The molecule has 1 aromatic carbocycles. The van der Waals surface area contributed by atoms with Gasteiger partial charge >= 0.3 is 0 Å². The molecule has 2 aliphatic rings. The van der Waals surface area contributed by atoms with E-state index >= 15 is 0 Å². The first kappa shape index (κ1) is 17.3. The summed E-state index contributed by atoms with van der Waals surface area (Å²) < 4.78 is 9.97. The fourth-order valence-electron chi connectivity index (χ4n) is 2.93. The quantitative estimate of drug-likeness (QED) is 0.340. The molecule has 0 bridgehead atoms. The molecule has 2 heterocycles. The summed E-state index contributed by atoms with van der Waals surface area (Å²) in [5.74, 6) is -3.49. The third kappa shape index (κ3) is 2.47. The average molecular weight is 356 g/mol. The van der Waals surface area contributed by atoms with E-state index in [0.717, 1.165) is 12.1 Å². The van der Waals surface area contributed by atoms with Gasteiger partial charge in [0.15, 0.2) is 17.5 Å². The van der Waals surface area contributed by atoms with E-state index in [-0.39, 0.29) is 0 Å². The van der Waals surface area contributed by atoms with E-state index in [4.69, 9.17) is 9.47 Å². The standard InChI is InChI=1S/C13H12N2O10/c16-9-4-24-11-12(18,5-25-13(9,11)19)10(17)6-1-7(14(20)21)3-8(2-6)15(22)23/h1-3,9,11,16,18-19H,4-5H2/t9-,11+,12-,13+/m0/s1. The van der Waals surface area contributed by atoms with E-state index in [2.05, 4.69) is 0 Å². The number of carbonyl (C=O) groups excluding carboxylic acids is 1. The van der Waals surface area contributed by atoms with Crippen LogP contribution in [0.1, 0.15) is 10.4 Å². The number of fused-ring (bicyclic) bond motifs is 1. The molecule has 4 atom stereocenters. The van der Waals surface area contributed by atoms with Crippen LogP contribution in [0, 0.1) is 20.2 Å². The molecule has 12 nitrogen and oxygen atoms in total. The SMILES string of the molecule is O=C(c1cc([N+](=O)[O-])cc([N+](=O)[O-])c1)[C@@]1(O)CO[C@]2(O)[C@@H](O)CO[C@@H]21. The molecule has 0 saturated carbocycles. The van der Waals surface area contributed by atoms with Gasteiger partial charge in [0.1, 0.15) is 6.10 Å². The molecule has 134 valence electrons. The molecule has 3 rings (SSSR count). The summed E-state index contributed by atoms with van der Waals surface area (Å²) in [6.45, 7) is -1.17. The highest BCUT2D eigenvalue weighted by atomic mass is 16.7. The molecule has 0 amide bonds. The largest absolute Gasteiger partial charge is 0.385 e. The van der Waals surface area contributed by atoms with Gasteiger partial charge in [-0.3, -0.25) is 25.0 Å². The fraction of sp³-hybridized carbons (Fsp3) is 0.462. The molecule has 0 aliphatic carbocycles. The highest BCUT2D eigenvalue weighted by Crippen LogP contribution is 2.43. The Kier molecular flexibility index (Phi) is 3.81. The highest BCUT2D eigenvalue weighted by molar-refractivity contribution is 6.04. The molecular formula is C13H12N2O10. The van der Waals surface area contributed by atoms with Crippen LogP contribution in [0.4, 0.5) is 11.4 Å². The lowest BCUT2D eigenvalue weighted by Crippen LogP contribution is -2.55. The van der Waals surface area contributed by atoms with Gasteiger partial charge in [-0.25, -0.2) is 0 Å². The van der Waals surface area contributed by atoms with E-state index in [9.17, 15) is 40.3 Å². The Hall–Kier alpha value is -2.51. The van der Waals surface area contributed by atoms with E-state index in [1.165, 1.54) is 0 Å². The normalized spacial score (nSPS) is 33.9. The van der Waals surface area contributed by atoms with E-state index in [1.807, 2.05) is 0 Å². The first-order valence-corrected chi connectivity index (χ1v) is 6.96. The van der Waals surface area contributed by atoms with Gasteiger partial charge in [0.2, 0.25) is 5.79 Å². The van der Waals surface area contributed by atoms with Crippen LogP contribution in [0.15, 0.2) is 18.2 Å². The van der Waals surface area contributed by atoms with Crippen molar-refractivity contribution in [1.29, 1.82) is 0 Å².